The molecule has 1 heterocycles. The summed E-state index contributed by atoms with van der Waals surface area (Å²) >= 11 is 0. The van der Waals surface area contributed by atoms with Crippen molar-refractivity contribution in [2.45, 2.75) is 4.90 Å². The highest BCUT2D eigenvalue weighted by molar-refractivity contribution is 7.90. The van der Waals surface area contributed by atoms with Gasteiger partial charge in [-0.3, -0.25) is 4.79 Å². The van der Waals surface area contributed by atoms with Gasteiger partial charge in [-0.2, -0.15) is 0 Å². The average molecular weight is 318 g/mol. The molecule has 1 N–H and O–H groups in total. The molecule has 2 aromatic carbocycles. The number of nitrogens with one attached hydrogen (secondary N) is 1. The smallest absolute Gasteiger partial charge is 0.259 e. The van der Waals surface area contributed by atoms with E-state index in [1.54, 1.807) is 24.3 Å². The quantitative estimate of drug-likeness (QED) is 0.734. The van der Waals surface area contributed by atoms with Crippen molar-refractivity contribution in [1.29, 1.82) is 0 Å². The van der Waals surface area contributed by atoms with E-state index < -0.39 is 21.2 Å². The first-order valence-corrected chi connectivity index (χ1v) is 8.24. The van der Waals surface area contributed by atoms with Crippen LogP contribution in [0.5, 0.6) is 0 Å². The van der Waals surface area contributed by atoms with Crippen LogP contribution in [0.3, 0.4) is 0 Å². The summed E-state index contributed by atoms with van der Waals surface area (Å²) in [6, 6.07) is 9.91. The van der Waals surface area contributed by atoms with Gasteiger partial charge in [0.05, 0.1) is 15.8 Å². The Labute approximate surface area is 125 Å². The molecular formula is C15H11FN2O3S. The van der Waals surface area contributed by atoms with Crippen molar-refractivity contribution in [3.05, 3.63) is 58.6 Å². The molecule has 0 aliphatic rings. The van der Waals surface area contributed by atoms with Crippen LogP contribution in [-0.2, 0) is 9.84 Å². The largest absolute Gasteiger partial charge is 0.306 e. The first kappa shape index (κ1) is 14.4. The Morgan fingerprint density at radius 1 is 1.14 bits per heavy atom. The zero-order chi connectivity index (χ0) is 15.9. The summed E-state index contributed by atoms with van der Waals surface area (Å²) < 4.78 is 37.2. The normalized spacial score (nSPS) is 11.7. The number of nitrogens with zero attached hydrogens (tertiary/aromatic N) is 1. The topological polar surface area (TPSA) is 79.9 Å². The molecule has 0 spiro atoms. The molecule has 0 aliphatic carbocycles. The molecule has 1 aromatic heterocycles. The van der Waals surface area contributed by atoms with E-state index in [4.69, 9.17) is 0 Å². The third-order valence-corrected chi connectivity index (χ3v) is 4.36. The Hall–Kier alpha value is -2.54. The molecule has 22 heavy (non-hydrogen) atoms. The molecule has 0 saturated heterocycles. The van der Waals surface area contributed by atoms with Gasteiger partial charge in [0.25, 0.3) is 5.56 Å². The molecule has 0 fully saturated rings. The molecule has 0 atom stereocenters. The summed E-state index contributed by atoms with van der Waals surface area (Å²) in [4.78, 5) is 18.7. The summed E-state index contributed by atoms with van der Waals surface area (Å²) in [6.45, 7) is 0. The average Bonchev–Trinajstić information content (AvgIpc) is 2.46. The molecule has 0 amide bonds. The van der Waals surface area contributed by atoms with Gasteiger partial charge in [-0.1, -0.05) is 12.1 Å². The SMILES string of the molecule is CS(=O)(=O)c1ccc(F)cc1-c1nc2ccccc2c(=O)[nH]1. The van der Waals surface area contributed by atoms with Gasteiger partial charge < -0.3 is 4.98 Å². The Bertz CT molecular complexity index is 1040. The van der Waals surface area contributed by atoms with Gasteiger partial charge in [-0.15, -0.1) is 0 Å². The van der Waals surface area contributed by atoms with Crippen molar-refractivity contribution in [2.75, 3.05) is 6.26 Å². The van der Waals surface area contributed by atoms with E-state index >= 15 is 0 Å². The van der Waals surface area contributed by atoms with Crippen LogP contribution in [0.1, 0.15) is 0 Å². The maximum Gasteiger partial charge on any atom is 0.259 e. The Morgan fingerprint density at radius 3 is 2.59 bits per heavy atom. The van der Waals surface area contributed by atoms with Crippen LogP contribution in [-0.4, -0.2) is 24.6 Å². The number of benzene rings is 2. The van der Waals surface area contributed by atoms with Crippen molar-refractivity contribution < 1.29 is 12.8 Å². The van der Waals surface area contributed by atoms with Crippen LogP contribution >= 0.6 is 0 Å². The number of para-hydroxylation sites is 1. The van der Waals surface area contributed by atoms with Crippen LogP contribution in [0.15, 0.2) is 52.2 Å². The Balaban J connectivity index is 2.37. The first-order valence-electron chi connectivity index (χ1n) is 6.35. The minimum Gasteiger partial charge on any atom is -0.306 e. The van der Waals surface area contributed by atoms with Crippen molar-refractivity contribution >= 4 is 20.7 Å². The Morgan fingerprint density at radius 2 is 1.86 bits per heavy atom. The molecule has 0 saturated carbocycles. The fourth-order valence-electron chi connectivity index (χ4n) is 2.22. The molecule has 7 heteroatoms. The molecule has 0 unspecified atom stereocenters. The van der Waals surface area contributed by atoms with Crippen LogP contribution in [0, 0.1) is 5.82 Å². The molecule has 0 bridgehead atoms. The minimum atomic E-state index is -3.59. The van der Waals surface area contributed by atoms with Gasteiger partial charge in [0.15, 0.2) is 9.84 Å². The van der Waals surface area contributed by atoms with E-state index in [9.17, 15) is 17.6 Å². The van der Waals surface area contributed by atoms with Gasteiger partial charge in [0.2, 0.25) is 0 Å². The monoisotopic (exact) mass is 318 g/mol. The maximum absolute atomic E-state index is 13.5. The van der Waals surface area contributed by atoms with E-state index in [2.05, 4.69) is 9.97 Å². The lowest BCUT2D eigenvalue weighted by atomic mass is 10.2. The number of halogens is 1. The summed E-state index contributed by atoms with van der Waals surface area (Å²) in [5.41, 5.74) is 0.0274. The highest BCUT2D eigenvalue weighted by atomic mass is 32.2. The zero-order valence-electron chi connectivity index (χ0n) is 11.5. The molecule has 3 aromatic rings. The fraction of sp³-hybridized carbons (Fsp3) is 0.0667. The molecule has 3 rings (SSSR count). The number of aromatic nitrogens is 2. The Kier molecular flexibility index (Phi) is 3.29. The van der Waals surface area contributed by atoms with E-state index in [1.165, 1.54) is 0 Å². The lowest BCUT2D eigenvalue weighted by Gasteiger charge is -2.08. The molecule has 0 aliphatic heterocycles. The summed E-state index contributed by atoms with van der Waals surface area (Å²) in [5.74, 6) is -0.596. The van der Waals surface area contributed by atoms with Gasteiger partial charge in [-0.25, -0.2) is 17.8 Å². The summed E-state index contributed by atoms with van der Waals surface area (Å²) in [6.07, 6.45) is 1.02. The second kappa shape index (κ2) is 5.03. The van der Waals surface area contributed by atoms with E-state index in [1.807, 2.05) is 0 Å². The predicted octanol–water partition coefficient (Wildman–Crippen LogP) is 2.13. The summed E-state index contributed by atoms with van der Waals surface area (Å²) in [5, 5.41) is 0.378. The lowest BCUT2D eigenvalue weighted by molar-refractivity contribution is 0.600. The van der Waals surface area contributed by atoms with Gasteiger partial charge in [0.1, 0.15) is 11.6 Å². The zero-order valence-corrected chi connectivity index (χ0v) is 12.3. The molecule has 112 valence electrons. The number of sulfone groups is 1. The fourth-order valence-corrected chi connectivity index (χ4v) is 3.09. The van der Waals surface area contributed by atoms with E-state index in [0.29, 0.717) is 10.9 Å². The number of hydrogen-bond donors (Lipinski definition) is 1. The van der Waals surface area contributed by atoms with Gasteiger partial charge in [-0.05, 0) is 30.3 Å². The predicted molar refractivity (Wildman–Crippen MR) is 80.9 cm³/mol. The third-order valence-electron chi connectivity index (χ3n) is 3.21. The number of fused-ring (bicyclic) bond motifs is 1. The van der Waals surface area contributed by atoms with Crippen LogP contribution < -0.4 is 5.56 Å². The van der Waals surface area contributed by atoms with Gasteiger partial charge in [0, 0.05) is 11.8 Å². The van der Waals surface area contributed by atoms with E-state index in [0.717, 1.165) is 24.5 Å². The highest BCUT2D eigenvalue weighted by Crippen LogP contribution is 2.25. The van der Waals surface area contributed by atoms with Crippen molar-refractivity contribution in [3.8, 4) is 11.4 Å². The first-order chi connectivity index (χ1) is 10.4. The number of hydrogen-bond acceptors (Lipinski definition) is 4. The van der Waals surface area contributed by atoms with Crippen molar-refractivity contribution in [2.24, 2.45) is 0 Å². The summed E-state index contributed by atoms with van der Waals surface area (Å²) in [7, 11) is -3.59. The lowest BCUT2D eigenvalue weighted by Crippen LogP contribution is -2.11. The number of aromatic amines is 1. The van der Waals surface area contributed by atoms with Crippen LogP contribution in [0.2, 0.25) is 0 Å². The highest BCUT2D eigenvalue weighted by Gasteiger charge is 2.18. The second-order valence-corrected chi connectivity index (χ2v) is 6.83. The van der Waals surface area contributed by atoms with Crippen molar-refractivity contribution in [3.63, 3.8) is 0 Å². The van der Waals surface area contributed by atoms with E-state index in [-0.39, 0.29) is 16.3 Å². The number of H-pyrrole nitrogens is 1. The maximum atomic E-state index is 13.5. The number of rotatable bonds is 2. The van der Waals surface area contributed by atoms with Gasteiger partial charge >= 0.3 is 0 Å². The molecule has 0 radical (unpaired) electrons. The molecular weight excluding hydrogens is 307 g/mol. The van der Waals surface area contributed by atoms with Crippen molar-refractivity contribution in [1.82, 2.24) is 9.97 Å². The van der Waals surface area contributed by atoms with Crippen LogP contribution in [0.25, 0.3) is 22.3 Å². The minimum absolute atomic E-state index is 0.0172. The second-order valence-electron chi connectivity index (χ2n) is 4.84. The third kappa shape index (κ3) is 2.50. The molecule has 5 nitrogen and oxygen atoms in total. The standard InChI is InChI=1S/C15H11FN2O3S/c1-22(20,21)13-7-6-9(16)8-11(13)14-17-12-5-3-2-4-10(12)15(19)18-14/h2-8H,1H3,(H,17,18,19). The van der Waals surface area contributed by atoms with Crippen LogP contribution in [0.4, 0.5) is 4.39 Å².